The molecule has 4 rings (SSSR count). The molecule has 0 saturated heterocycles. The van der Waals surface area contributed by atoms with Gasteiger partial charge in [0.15, 0.2) is 0 Å². The molecule has 0 radical (unpaired) electrons. The van der Waals surface area contributed by atoms with Crippen LogP contribution in [-0.4, -0.2) is 36.3 Å². The van der Waals surface area contributed by atoms with Gasteiger partial charge in [-0.05, 0) is 34.7 Å². The third-order valence-corrected chi connectivity index (χ3v) is 3.76. The van der Waals surface area contributed by atoms with Crippen LogP contribution in [-0.2, 0) is 0 Å². The van der Waals surface area contributed by atoms with Gasteiger partial charge < -0.3 is 5.32 Å². The third kappa shape index (κ3) is 2.48. The van der Waals surface area contributed by atoms with E-state index in [0.717, 1.165) is 10.9 Å². The molecule has 2 N–H and O–H groups in total. The summed E-state index contributed by atoms with van der Waals surface area (Å²) in [4.78, 5) is 12.8. The smallest absolute Gasteiger partial charge is 0.257 e. The molecule has 0 aliphatic rings. The molecule has 0 unspecified atom stereocenters. The van der Waals surface area contributed by atoms with E-state index >= 15 is 0 Å². The number of carbonyl (C=O) groups excluding carboxylic acids is 1. The molecule has 2 aromatic carbocycles. The highest BCUT2D eigenvalue weighted by Crippen LogP contribution is 2.24. The number of carbonyl (C=O) groups is 1. The van der Waals surface area contributed by atoms with Crippen molar-refractivity contribution in [3.63, 3.8) is 0 Å². The number of benzene rings is 2. The van der Waals surface area contributed by atoms with Gasteiger partial charge in [-0.15, -0.1) is 5.10 Å². The summed E-state index contributed by atoms with van der Waals surface area (Å²) in [6.07, 6.45) is 3.10. The number of anilines is 1. The van der Waals surface area contributed by atoms with Gasteiger partial charge in [0.1, 0.15) is 6.33 Å². The van der Waals surface area contributed by atoms with Crippen LogP contribution in [0.15, 0.2) is 48.9 Å². The number of aromatic nitrogens is 6. The minimum Gasteiger partial charge on any atom is -0.320 e. The minimum absolute atomic E-state index is 0.329. The van der Waals surface area contributed by atoms with Crippen LogP contribution < -0.4 is 5.32 Å². The van der Waals surface area contributed by atoms with Gasteiger partial charge >= 0.3 is 0 Å². The summed E-state index contributed by atoms with van der Waals surface area (Å²) in [6.45, 7) is 0. The topological polar surface area (TPSA) is 101 Å². The molecular formula is C15H10ClN7O. The Bertz CT molecular complexity index is 1030. The Morgan fingerprint density at radius 2 is 2.17 bits per heavy atom. The molecule has 1 amide bonds. The second-order valence-electron chi connectivity index (χ2n) is 5.01. The van der Waals surface area contributed by atoms with E-state index in [1.807, 2.05) is 12.1 Å². The zero-order chi connectivity index (χ0) is 16.5. The van der Waals surface area contributed by atoms with Crippen LogP contribution >= 0.6 is 11.6 Å². The molecular weight excluding hydrogens is 330 g/mol. The number of hydrogen-bond acceptors (Lipinski definition) is 5. The molecule has 0 saturated carbocycles. The average Bonchev–Trinajstić information content (AvgIpc) is 3.26. The molecule has 9 heteroatoms. The van der Waals surface area contributed by atoms with Crippen LogP contribution in [0.25, 0.3) is 16.6 Å². The van der Waals surface area contributed by atoms with Crippen molar-refractivity contribution in [2.24, 2.45) is 0 Å². The van der Waals surface area contributed by atoms with Crippen LogP contribution in [0.2, 0.25) is 5.02 Å². The Balaban J connectivity index is 1.75. The number of aromatic amines is 1. The van der Waals surface area contributed by atoms with Gasteiger partial charge in [0.25, 0.3) is 5.91 Å². The molecule has 0 fully saturated rings. The maximum Gasteiger partial charge on any atom is 0.257 e. The fraction of sp³-hybridized carbons (Fsp3) is 0. The van der Waals surface area contributed by atoms with Crippen LogP contribution in [0.5, 0.6) is 0 Å². The van der Waals surface area contributed by atoms with Crippen molar-refractivity contribution in [2.75, 3.05) is 5.32 Å². The zero-order valence-corrected chi connectivity index (χ0v) is 12.9. The average molecular weight is 340 g/mol. The molecule has 0 spiro atoms. The first kappa shape index (κ1) is 14.3. The summed E-state index contributed by atoms with van der Waals surface area (Å²) in [6, 6.07) is 10.5. The monoisotopic (exact) mass is 339 g/mol. The van der Waals surface area contributed by atoms with Gasteiger partial charge in [-0.2, -0.15) is 9.78 Å². The van der Waals surface area contributed by atoms with Crippen molar-refractivity contribution < 1.29 is 4.79 Å². The molecule has 0 aliphatic carbocycles. The Labute approximate surface area is 140 Å². The van der Waals surface area contributed by atoms with E-state index in [4.69, 9.17) is 11.6 Å². The molecule has 0 aliphatic heterocycles. The maximum atomic E-state index is 12.8. The summed E-state index contributed by atoms with van der Waals surface area (Å²) in [5.41, 5.74) is 2.25. The SMILES string of the molecule is O=C(Nc1cccc2cn[nH]c12)c1cc(Cl)ccc1-n1cnnn1. The Kier molecular flexibility index (Phi) is 3.43. The summed E-state index contributed by atoms with van der Waals surface area (Å²) in [5, 5.41) is 22.1. The van der Waals surface area contributed by atoms with E-state index in [9.17, 15) is 4.79 Å². The zero-order valence-electron chi connectivity index (χ0n) is 12.1. The first-order valence-corrected chi connectivity index (χ1v) is 7.36. The Hall–Kier alpha value is -3.26. The number of para-hydroxylation sites is 1. The summed E-state index contributed by atoms with van der Waals surface area (Å²) >= 11 is 6.05. The van der Waals surface area contributed by atoms with Crippen molar-refractivity contribution in [1.82, 2.24) is 30.4 Å². The Morgan fingerprint density at radius 3 is 3.00 bits per heavy atom. The molecule has 2 aromatic heterocycles. The number of H-pyrrole nitrogens is 1. The summed E-state index contributed by atoms with van der Waals surface area (Å²) in [7, 11) is 0. The fourth-order valence-corrected chi connectivity index (χ4v) is 2.60. The first-order chi connectivity index (χ1) is 11.7. The molecule has 2 heterocycles. The lowest BCUT2D eigenvalue weighted by Crippen LogP contribution is -2.15. The van der Waals surface area contributed by atoms with Gasteiger partial charge in [-0.25, -0.2) is 0 Å². The summed E-state index contributed by atoms with van der Waals surface area (Å²) in [5.74, 6) is -0.329. The third-order valence-electron chi connectivity index (χ3n) is 3.52. The highest BCUT2D eigenvalue weighted by Gasteiger charge is 2.16. The second kappa shape index (κ2) is 5.74. The van der Waals surface area contributed by atoms with E-state index in [1.54, 1.807) is 30.5 Å². The van der Waals surface area contributed by atoms with Gasteiger partial charge in [0.05, 0.1) is 28.7 Å². The fourth-order valence-electron chi connectivity index (χ4n) is 2.42. The maximum absolute atomic E-state index is 12.8. The van der Waals surface area contributed by atoms with Crippen LogP contribution in [0.1, 0.15) is 10.4 Å². The summed E-state index contributed by atoms with van der Waals surface area (Å²) < 4.78 is 1.40. The normalized spacial score (nSPS) is 10.9. The number of hydrogen-bond donors (Lipinski definition) is 2. The number of nitrogens with one attached hydrogen (secondary N) is 2. The number of amides is 1. The predicted octanol–water partition coefficient (Wildman–Crippen LogP) is 2.44. The minimum atomic E-state index is -0.329. The largest absolute Gasteiger partial charge is 0.320 e. The number of rotatable bonds is 3. The van der Waals surface area contributed by atoms with E-state index in [0.29, 0.717) is 22.0 Å². The van der Waals surface area contributed by atoms with Crippen LogP contribution in [0.3, 0.4) is 0 Å². The molecule has 8 nitrogen and oxygen atoms in total. The number of fused-ring (bicyclic) bond motifs is 1. The molecule has 0 bridgehead atoms. The van der Waals surface area contributed by atoms with Crippen molar-refractivity contribution in [3.05, 3.63) is 59.5 Å². The number of tetrazole rings is 1. The molecule has 0 atom stereocenters. The highest BCUT2D eigenvalue weighted by atomic mass is 35.5. The van der Waals surface area contributed by atoms with Crippen LogP contribution in [0, 0.1) is 0 Å². The van der Waals surface area contributed by atoms with E-state index in [-0.39, 0.29) is 5.91 Å². The lowest BCUT2D eigenvalue weighted by Gasteiger charge is -2.10. The second-order valence-corrected chi connectivity index (χ2v) is 5.45. The lowest BCUT2D eigenvalue weighted by molar-refractivity contribution is 0.102. The van der Waals surface area contributed by atoms with Gasteiger partial charge in [0, 0.05) is 10.4 Å². The van der Waals surface area contributed by atoms with E-state index < -0.39 is 0 Å². The standard InChI is InChI=1S/C15H10ClN7O/c16-10-4-5-13(23-8-18-21-22-23)11(6-10)15(24)19-12-3-1-2-9-7-17-20-14(9)12/h1-8H,(H,17,20)(H,19,24). The number of nitrogens with zero attached hydrogens (tertiary/aromatic N) is 5. The molecule has 118 valence electrons. The number of halogens is 1. The molecule has 24 heavy (non-hydrogen) atoms. The van der Waals surface area contributed by atoms with Gasteiger partial charge in [0.2, 0.25) is 0 Å². The van der Waals surface area contributed by atoms with E-state index in [1.165, 1.54) is 11.0 Å². The first-order valence-electron chi connectivity index (χ1n) is 6.99. The van der Waals surface area contributed by atoms with Gasteiger partial charge in [-0.3, -0.25) is 9.89 Å². The van der Waals surface area contributed by atoms with Crippen molar-refractivity contribution in [1.29, 1.82) is 0 Å². The van der Waals surface area contributed by atoms with Crippen molar-refractivity contribution in [2.45, 2.75) is 0 Å². The quantitative estimate of drug-likeness (QED) is 0.597. The van der Waals surface area contributed by atoms with Gasteiger partial charge in [-0.1, -0.05) is 23.7 Å². The van der Waals surface area contributed by atoms with Crippen molar-refractivity contribution >= 4 is 34.1 Å². The Morgan fingerprint density at radius 1 is 1.25 bits per heavy atom. The predicted molar refractivity (Wildman–Crippen MR) is 88.2 cm³/mol. The highest BCUT2D eigenvalue weighted by molar-refractivity contribution is 6.31. The lowest BCUT2D eigenvalue weighted by atomic mass is 10.1. The molecule has 4 aromatic rings. The van der Waals surface area contributed by atoms with Crippen LogP contribution in [0.4, 0.5) is 5.69 Å². The van der Waals surface area contributed by atoms with E-state index in [2.05, 4.69) is 31.0 Å². The van der Waals surface area contributed by atoms with Crippen molar-refractivity contribution in [3.8, 4) is 5.69 Å².